The summed E-state index contributed by atoms with van der Waals surface area (Å²) in [5, 5.41) is 13.0. The van der Waals surface area contributed by atoms with Crippen LogP contribution in [0.3, 0.4) is 0 Å². The molecule has 0 aliphatic heterocycles. The van der Waals surface area contributed by atoms with Gasteiger partial charge in [-0.25, -0.2) is 4.98 Å². The number of anilines is 1. The van der Waals surface area contributed by atoms with Gasteiger partial charge in [-0.3, -0.25) is 9.59 Å². The SMILES string of the molecule is CC(=O)Nc1csc(CC(=O)O)n1. The van der Waals surface area contributed by atoms with Crippen LogP contribution >= 0.6 is 11.3 Å². The number of thiazole rings is 1. The van der Waals surface area contributed by atoms with Gasteiger partial charge in [-0.15, -0.1) is 11.3 Å². The Labute approximate surface area is 78.4 Å². The summed E-state index contributed by atoms with van der Waals surface area (Å²) in [6.45, 7) is 1.37. The number of aliphatic carboxylic acids is 1. The number of aromatic nitrogens is 1. The highest BCUT2D eigenvalue weighted by atomic mass is 32.1. The standard InChI is InChI=1S/C7H8N2O3S/c1-4(10)8-5-3-13-6(9-5)2-7(11)12/h3H,2H2,1H3,(H,8,10)(H,11,12). The topological polar surface area (TPSA) is 79.3 Å². The normalized spacial score (nSPS) is 9.62. The molecule has 2 N–H and O–H groups in total. The number of hydrogen-bond acceptors (Lipinski definition) is 4. The van der Waals surface area contributed by atoms with Gasteiger partial charge in [-0.2, -0.15) is 0 Å². The maximum Gasteiger partial charge on any atom is 0.310 e. The van der Waals surface area contributed by atoms with Gasteiger partial charge in [0, 0.05) is 12.3 Å². The van der Waals surface area contributed by atoms with E-state index in [-0.39, 0.29) is 12.3 Å². The zero-order valence-corrected chi connectivity index (χ0v) is 7.72. The number of carbonyl (C=O) groups excluding carboxylic acids is 1. The van der Waals surface area contributed by atoms with Crippen LogP contribution in [-0.4, -0.2) is 22.0 Å². The van der Waals surface area contributed by atoms with E-state index in [1.54, 1.807) is 5.38 Å². The van der Waals surface area contributed by atoms with Crippen molar-refractivity contribution < 1.29 is 14.7 Å². The maximum absolute atomic E-state index is 10.6. The number of carboxylic acids is 1. The molecule has 0 aliphatic rings. The highest BCUT2D eigenvalue weighted by Crippen LogP contribution is 2.14. The van der Waals surface area contributed by atoms with Crippen LogP contribution < -0.4 is 5.32 Å². The quantitative estimate of drug-likeness (QED) is 0.753. The predicted molar refractivity (Wildman–Crippen MR) is 47.8 cm³/mol. The van der Waals surface area contributed by atoms with Crippen LogP contribution in [-0.2, 0) is 16.0 Å². The van der Waals surface area contributed by atoms with Crippen molar-refractivity contribution in [2.24, 2.45) is 0 Å². The Hall–Kier alpha value is -1.43. The van der Waals surface area contributed by atoms with Gasteiger partial charge in [0.15, 0.2) is 0 Å². The second-order valence-corrected chi connectivity index (χ2v) is 3.32. The molecule has 1 aromatic heterocycles. The van der Waals surface area contributed by atoms with Gasteiger partial charge in [-0.1, -0.05) is 0 Å². The predicted octanol–water partition coefficient (Wildman–Crippen LogP) is 0.729. The third kappa shape index (κ3) is 3.20. The zero-order valence-electron chi connectivity index (χ0n) is 6.90. The molecule has 1 amide bonds. The van der Waals surface area contributed by atoms with E-state index in [0.717, 1.165) is 0 Å². The van der Waals surface area contributed by atoms with Crippen LogP contribution in [0.2, 0.25) is 0 Å². The number of hydrogen-bond donors (Lipinski definition) is 2. The fourth-order valence-electron chi connectivity index (χ4n) is 0.759. The molecule has 5 nitrogen and oxygen atoms in total. The summed E-state index contributed by atoms with van der Waals surface area (Å²) in [6, 6.07) is 0. The summed E-state index contributed by atoms with van der Waals surface area (Å²) in [6.07, 6.45) is -0.107. The molecule has 0 spiro atoms. The van der Waals surface area contributed by atoms with Gasteiger partial charge in [0.05, 0.1) is 6.42 Å². The first-order chi connectivity index (χ1) is 6.08. The number of carboxylic acid groups (broad SMARTS) is 1. The minimum Gasteiger partial charge on any atom is -0.481 e. The lowest BCUT2D eigenvalue weighted by atomic mass is 10.5. The Bertz CT molecular complexity index is 304. The van der Waals surface area contributed by atoms with Crippen molar-refractivity contribution in [2.75, 3.05) is 5.32 Å². The van der Waals surface area contributed by atoms with Gasteiger partial charge in [0.1, 0.15) is 10.8 Å². The van der Waals surface area contributed by atoms with Crippen LogP contribution in [0.1, 0.15) is 11.9 Å². The van der Waals surface area contributed by atoms with E-state index in [1.165, 1.54) is 18.3 Å². The molecule has 13 heavy (non-hydrogen) atoms. The first kappa shape index (κ1) is 9.66. The van der Waals surface area contributed by atoms with Gasteiger partial charge < -0.3 is 10.4 Å². The van der Waals surface area contributed by atoms with Crippen molar-refractivity contribution >= 4 is 29.0 Å². The van der Waals surface area contributed by atoms with Crippen LogP contribution in [0.25, 0.3) is 0 Å². The zero-order chi connectivity index (χ0) is 9.84. The highest BCUT2D eigenvalue weighted by Gasteiger charge is 2.06. The van der Waals surface area contributed by atoms with Crippen LogP contribution in [0.4, 0.5) is 5.82 Å². The molecule has 0 aliphatic carbocycles. The lowest BCUT2D eigenvalue weighted by Gasteiger charge is -1.93. The van der Waals surface area contributed by atoms with Crippen LogP contribution in [0, 0.1) is 0 Å². The van der Waals surface area contributed by atoms with E-state index in [9.17, 15) is 9.59 Å². The summed E-state index contributed by atoms with van der Waals surface area (Å²) < 4.78 is 0. The van der Waals surface area contributed by atoms with Crippen molar-refractivity contribution in [3.8, 4) is 0 Å². The van der Waals surface area contributed by atoms with E-state index in [2.05, 4.69) is 10.3 Å². The Morgan fingerprint density at radius 2 is 2.38 bits per heavy atom. The van der Waals surface area contributed by atoms with Crippen molar-refractivity contribution in [1.29, 1.82) is 0 Å². The van der Waals surface area contributed by atoms with E-state index < -0.39 is 5.97 Å². The number of nitrogens with zero attached hydrogens (tertiary/aromatic N) is 1. The Kier molecular flexibility index (Phi) is 2.97. The van der Waals surface area contributed by atoms with E-state index in [0.29, 0.717) is 10.8 Å². The molecule has 1 heterocycles. The minimum absolute atomic E-state index is 0.107. The molecule has 0 fully saturated rings. The fraction of sp³-hybridized carbons (Fsp3) is 0.286. The maximum atomic E-state index is 10.6. The van der Waals surface area contributed by atoms with E-state index in [1.807, 2.05) is 0 Å². The van der Waals surface area contributed by atoms with Crippen LogP contribution in [0.5, 0.6) is 0 Å². The molecular formula is C7H8N2O3S. The molecule has 0 atom stereocenters. The smallest absolute Gasteiger partial charge is 0.310 e. The third-order valence-corrected chi connectivity index (χ3v) is 2.01. The average molecular weight is 200 g/mol. The molecule has 6 heteroatoms. The molecule has 0 aromatic carbocycles. The molecule has 1 aromatic rings. The Morgan fingerprint density at radius 1 is 1.69 bits per heavy atom. The lowest BCUT2D eigenvalue weighted by molar-refractivity contribution is -0.136. The summed E-state index contributed by atoms with van der Waals surface area (Å²) in [5.41, 5.74) is 0. The van der Waals surface area contributed by atoms with E-state index >= 15 is 0 Å². The number of rotatable bonds is 3. The van der Waals surface area contributed by atoms with Crippen molar-refractivity contribution in [3.05, 3.63) is 10.4 Å². The molecule has 0 saturated carbocycles. The van der Waals surface area contributed by atoms with Gasteiger partial charge >= 0.3 is 5.97 Å². The highest BCUT2D eigenvalue weighted by molar-refractivity contribution is 7.10. The Balaban J connectivity index is 2.63. The summed E-state index contributed by atoms with van der Waals surface area (Å²) in [7, 11) is 0. The molecule has 70 valence electrons. The number of nitrogens with one attached hydrogen (secondary N) is 1. The van der Waals surface area contributed by atoms with Gasteiger partial charge in [0.2, 0.25) is 5.91 Å². The summed E-state index contributed by atoms with van der Waals surface area (Å²) >= 11 is 1.21. The Morgan fingerprint density at radius 3 is 2.92 bits per heavy atom. The molecule has 0 bridgehead atoms. The summed E-state index contributed by atoms with van der Waals surface area (Å²) in [5.74, 6) is -0.732. The van der Waals surface area contributed by atoms with Gasteiger partial charge in [-0.05, 0) is 0 Å². The largest absolute Gasteiger partial charge is 0.481 e. The summed E-state index contributed by atoms with van der Waals surface area (Å²) in [4.78, 5) is 24.8. The first-order valence-corrected chi connectivity index (χ1v) is 4.39. The average Bonchev–Trinajstić information content (AvgIpc) is 2.33. The second kappa shape index (κ2) is 3.99. The minimum atomic E-state index is -0.927. The number of amides is 1. The molecule has 0 radical (unpaired) electrons. The van der Waals surface area contributed by atoms with Gasteiger partial charge in [0.25, 0.3) is 0 Å². The van der Waals surface area contributed by atoms with Crippen molar-refractivity contribution in [2.45, 2.75) is 13.3 Å². The number of carbonyl (C=O) groups is 2. The third-order valence-electron chi connectivity index (χ3n) is 1.16. The second-order valence-electron chi connectivity index (χ2n) is 2.38. The molecule has 1 rings (SSSR count). The molecule has 0 saturated heterocycles. The fourth-order valence-corrected chi connectivity index (χ4v) is 1.48. The monoisotopic (exact) mass is 200 g/mol. The molecule has 0 unspecified atom stereocenters. The first-order valence-electron chi connectivity index (χ1n) is 3.51. The van der Waals surface area contributed by atoms with Crippen molar-refractivity contribution in [1.82, 2.24) is 4.98 Å². The van der Waals surface area contributed by atoms with E-state index in [4.69, 9.17) is 5.11 Å². The lowest BCUT2D eigenvalue weighted by Crippen LogP contribution is -2.06. The van der Waals surface area contributed by atoms with Crippen LogP contribution in [0.15, 0.2) is 5.38 Å². The van der Waals surface area contributed by atoms with Crippen molar-refractivity contribution in [3.63, 3.8) is 0 Å². The molecular weight excluding hydrogens is 192 g/mol.